The predicted octanol–water partition coefficient (Wildman–Crippen LogP) is 5.32. The quantitative estimate of drug-likeness (QED) is 0.127. The number of aromatic nitrogens is 2. The van der Waals surface area contributed by atoms with Crippen LogP contribution in [-0.2, 0) is 17.8 Å². The normalized spacial score (nSPS) is 17.0. The van der Waals surface area contributed by atoms with Crippen LogP contribution in [-0.4, -0.2) is 59.7 Å². The summed E-state index contributed by atoms with van der Waals surface area (Å²) in [6.07, 6.45) is 4.80. The Balaban J connectivity index is 1.22. The molecule has 1 aliphatic heterocycles. The molecule has 0 spiro atoms. The van der Waals surface area contributed by atoms with Gasteiger partial charge in [0.15, 0.2) is 0 Å². The first-order valence-electron chi connectivity index (χ1n) is 15.6. The van der Waals surface area contributed by atoms with Gasteiger partial charge in [0.1, 0.15) is 5.69 Å². The Bertz CT molecular complexity index is 1790. The molecule has 47 heavy (non-hydrogen) atoms. The zero-order valence-electron chi connectivity index (χ0n) is 25.9. The Hall–Kier alpha value is -4.06. The Morgan fingerprint density at radius 2 is 1.83 bits per heavy atom. The van der Waals surface area contributed by atoms with E-state index in [-0.39, 0.29) is 30.3 Å². The van der Waals surface area contributed by atoms with E-state index in [0.29, 0.717) is 64.5 Å². The maximum Gasteiger partial charge on any atom is 0.274 e. The van der Waals surface area contributed by atoms with E-state index in [1.165, 1.54) is 0 Å². The average molecular weight is 676 g/mol. The van der Waals surface area contributed by atoms with Crippen LogP contribution in [0, 0.1) is 0 Å². The van der Waals surface area contributed by atoms with E-state index in [0.717, 1.165) is 41.5 Å². The molecular formula is C35H36Cl2N6O4. The van der Waals surface area contributed by atoms with Gasteiger partial charge in [-0.3, -0.25) is 14.6 Å². The van der Waals surface area contributed by atoms with Crippen LogP contribution in [0.4, 0.5) is 5.69 Å². The number of rotatable bonds is 12. The van der Waals surface area contributed by atoms with Gasteiger partial charge in [-0.05, 0) is 48.6 Å². The Labute approximate surface area is 283 Å². The maximum absolute atomic E-state index is 13.0. The smallest absolute Gasteiger partial charge is 0.274 e. The van der Waals surface area contributed by atoms with Crippen LogP contribution >= 0.6 is 23.2 Å². The van der Waals surface area contributed by atoms with E-state index in [2.05, 4.69) is 32.3 Å². The average Bonchev–Trinajstić information content (AvgIpc) is 3.70. The molecule has 6 rings (SSSR count). The number of carbonyl (C=O) groups is 2. The highest BCUT2D eigenvalue weighted by Gasteiger charge is 2.30. The summed E-state index contributed by atoms with van der Waals surface area (Å²) in [6, 6.07) is 16.9. The summed E-state index contributed by atoms with van der Waals surface area (Å²) < 4.78 is 5.79. The van der Waals surface area contributed by atoms with Crippen molar-refractivity contribution in [3.05, 3.63) is 93.2 Å². The number of fused-ring (bicyclic) bond motifs is 1. The van der Waals surface area contributed by atoms with Gasteiger partial charge in [0.2, 0.25) is 11.8 Å². The molecule has 2 amide bonds. The zero-order chi connectivity index (χ0) is 32.9. The van der Waals surface area contributed by atoms with Crippen LogP contribution in [0.2, 0.25) is 10.0 Å². The van der Waals surface area contributed by atoms with Crippen LogP contribution in [0.15, 0.2) is 60.8 Å². The molecule has 0 saturated carbocycles. The van der Waals surface area contributed by atoms with Gasteiger partial charge in [0, 0.05) is 66.6 Å². The van der Waals surface area contributed by atoms with Crippen molar-refractivity contribution in [2.75, 3.05) is 32.1 Å². The molecule has 2 unspecified atom stereocenters. The molecule has 1 fully saturated rings. The Morgan fingerprint density at radius 1 is 1.04 bits per heavy atom. The van der Waals surface area contributed by atoms with E-state index in [9.17, 15) is 9.59 Å². The third-order valence-electron chi connectivity index (χ3n) is 8.54. The van der Waals surface area contributed by atoms with Crippen LogP contribution in [0.25, 0.3) is 22.4 Å². The molecule has 2 atom stereocenters. The summed E-state index contributed by atoms with van der Waals surface area (Å²) in [7, 11) is 1.62. The monoisotopic (exact) mass is 674 g/mol. The minimum atomic E-state index is -0.394. The number of hydrogen-bond acceptors (Lipinski definition) is 8. The molecule has 10 nitrogen and oxygen atoms in total. The lowest BCUT2D eigenvalue weighted by Crippen LogP contribution is -2.36. The number of nitrogens with one attached hydrogen (secondary N) is 4. The summed E-state index contributed by atoms with van der Waals surface area (Å²) in [5, 5.41) is 22.3. The highest BCUT2D eigenvalue weighted by atomic mass is 35.5. The lowest BCUT2D eigenvalue weighted by Gasteiger charge is -2.20. The predicted molar refractivity (Wildman–Crippen MR) is 183 cm³/mol. The molecule has 0 bridgehead atoms. The lowest BCUT2D eigenvalue weighted by molar-refractivity contribution is -0.119. The second kappa shape index (κ2) is 14.8. The van der Waals surface area contributed by atoms with E-state index in [1.807, 2.05) is 36.4 Å². The van der Waals surface area contributed by atoms with Gasteiger partial charge in [-0.15, -0.1) is 0 Å². The number of halogens is 2. The standard InChI is InChI=1S/C35H36Cl2N6O4/c1-47-35-31-21(9-12-26(31)40-19-22-10-13-30(45)41-22)16-29(43-35)25-6-2-4-23(32(25)36)24-5-3-7-27(33(24)37)42-34(46)28-11-8-20(18-39-28)17-38-14-15-44/h2-8,11,16,18,22,26,38,40,44H,9-10,12-15,17,19H2,1H3,(H,41,45)(H,42,46). The molecule has 5 N–H and O–H groups in total. The molecular weight excluding hydrogens is 639 g/mol. The number of aliphatic hydroxyl groups is 1. The number of ether oxygens (including phenoxy) is 1. The third-order valence-corrected chi connectivity index (χ3v) is 9.35. The molecule has 4 aromatic rings. The molecule has 3 heterocycles. The van der Waals surface area contributed by atoms with Crippen molar-refractivity contribution in [2.45, 2.75) is 44.3 Å². The number of carbonyl (C=O) groups excluding carboxylic acids is 2. The number of aliphatic hydroxyl groups excluding tert-OH is 1. The lowest BCUT2D eigenvalue weighted by atomic mass is 9.99. The van der Waals surface area contributed by atoms with Crippen LogP contribution in [0.3, 0.4) is 0 Å². The number of anilines is 1. The minimum Gasteiger partial charge on any atom is -0.481 e. The first kappa shape index (κ1) is 32.9. The van der Waals surface area contributed by atoms with Crippen molar-refractivity contribution in [3.8, 4) is 28.3 Å². The molecule has 2 aromatic heterocycles. The number of hydrogen-bond donors (Lipinski definition) is 5. The summed E-state index contributed by atoms with van der Waals surface area (Å²) >= 11 is 13.9. The summed E-state index contributed by atoms with van der Waals surface area (Å²) in [6.45, 7) is 1.76. The maximum atomic E-state index is 13.0. The van der Waals surface area contributed by atoms with Gasteiger partial charge in [-0.25, -0.2) is 4.98 Å². The zero-order valence-corrected chi connectivity index (χ0v) is 27.4. The van der Waals surface area contributed by atoms with Gasteiger partial charge in [-0.2, -0.15) is 0 Å². The summed E-state index contributed by atoms with van der Waals surface area (Å²) in [4.78, 5) is 33.8. The third kappa shape index (κ3) is 7.27. The van der Waals surface area contributed by atoms with Crippen LogP contribution in [0.1, 0.15) is 52.5 Å². The van der Waals surface area contributed by atoms with E-state index in [1.54, 1.807) is 25.4 Å². The van der Waals surface area contributed by atoms with E-state index in [4.69, 9.17) is 38.0 Å². The van der Waals surface area contributed by atoms with Crippen molar-refractivity contribution in [1.29, 1.82) is 0 Å². The van der Waals surface area contributed by atoms with Crippen LogP contribution < -0.4 is 26.0 Å². The van der Waals surface area contributed by atoms with Gasteiger partial charge in [-0.1, -0.05) is 59.6 Å². The number of methoxy groups -OCH3 is 1. The van der Waals surface area contributed by atoms with Crippen molar-refractivity contribution in [3.63, 3.8) is 0 Å². The number of benzene rings is 2. The first-order valence-corrected chi connectivity index (χ1v) is 16.4. The summed E-state index contributed by atoms with van der Waals surface area (Å²) in [5.41, 5.74) is 6.54. The molecule has 2 aliphatic rings. The highest BCUT2D eigenvalue weighted by Crippen LogP contribution is 2.44. The van der Waals surface area contributed by atoms with Gasteiger partial charge in [0.05, 0.1) is 35.1 Å². The second-order valence-electron chi connectivity index (χ2n) is 11.6. The first-order chi connectivity index (χ1) is 22.9. The van der Waals surface area contributed by atoms with E-state index < -0.39 is 5.91 Å². The number of aryl methyl sites for hydroxylation is 1. The molecule has 1 saturated heterocycles. The minimum absolute atomic E-state index is 0.0477. The molecule has 1 aliphatic carbocycles. The van der Waals surface area contributed by atoms with Gasteiger partial charge < -0.3 is 31.1 Å². The van der Waals surface area contributed by atoms with Crippen molar-refractivity contribution in [1.82, 2.24) is 25.9 Å². The number of pyridine rings is 2. The van der Waals surface area contributed by atoms with Crippen molar-refractivity contribution >= 4 is 40.7 Å². The molecule has 12 heteroatoms. The van der Waals surface area contributed by atoms with Gasteiger partial charge in [0.25, 0.3) is 5.91 Å². The van der Waals surface area contributed by atoms with Crippen molar-refractivity contribution in [2.24, 2.45) is 0 Å². The molecule has 244 valence electrons. The SMILES string of the molecule is COc1nc(-c2cccc(-c3cccc(NC(=O)c4ccc(CNCCO)cn4)c3Cl)c2Cl)cc2c1C(NCC1CCC(=O)N1)CC2. The fourth-order valence-electron chi connectivity index (χ4n) is 6.15. The molecule has 0 radical (unpaired) electrons. The second-order valence-corrected chi connectivity index (χ2v) is 12.4. The fourth-order valence-corrected chi connectivity index (χ4v) is 6.75. The topological polar surface area (TPSA) is 138 Å². The molecule has 2 aromatic carbocycles. The summed E-state index contributed by atoms with van der Waals surface area (Å²) in [5.74, 6) is 0.261. The van der Waals surface area contributed by atoms with Gasteiger partial charge >= 0.3 is 0 Å². The van der Waals surface area contributed by atoms with Crippen molar-refractivity contribution < 1.29 is 19.4 Å². The van der Waals surface area contributed by atoms with E-state index >= 15 is 0 Å². The number of nitrogens with zero attached hydrogens (tertiary/aromatic N) is 2. The Morgan fingerprint density at radius 3 is 2.55 bits per heavy atom. The number of amides is 2. The highest BCUT2D eigenvalue weighted by molar-refractivity contribution is 6.39. The Kier molecular flexibility index (Phi) is 10.3. The van der Waals surface area contributed by atoms with Crippen LogP contribution in [0.5, 0.6) is 5.88 Å². The fraction of sp³-hybridized carbons (Fsp3) is 0.314. The largest absolute Gasteiger partial charge is 0.481 e.